The van der Waals surface area contributed by atoms with E-state index in [-0.39, 0.29) is 57.0 Å². The zero-order chi connectivity index (χ0) is 23.9. The summed E-state index contributed by atoms with van der Waals surface area (Å²) >= 11 is 0. The number of rotatable bonds is 11. The molecule has 1 fully saturated rings. The van der Waals surface area contributed by atoms with E-state index < -0.39 is 5.92 Å². The van der Waals surface area contributed by atoms with Crippen LogP contribution in [-0.4, -0.2) is 68.5 Å². The molecule has 0 bridgehead atoms. The first-order valence-corrected chi connectivity index (χ1v) is 11.7. The third-order valence-electron chi connectivity index (χ3n) is 5.93. The molecular formula is C25H30N2O7. The minimum Gasteiger partial charge on any atom is -0.378 e. The van der Waals surface area contributed by atoms with Crippen LogP contribution in [0.2, 0.25) is 0 Å². The number of hydrogen-bond donors (Lipinski definition) is 1. The van der Waals surface area contributed by atoms with Gasteiger partial charge in [0, 0.05) is 29.5 Å². The van der Waals surface area contributed by atoms with Gasteiger partial charge in [-0.15, -0.1) is 0 Å². The number of hydrogen-bond acceptors (Lipinski definition) is 7. The van der Waals surface area contributed by atoms with Crippen molar-refractivity contribution in [3.8, 4) is 0 Å². The van der Waals surface area contributed by atoms with Gasteiger partial charge in [0.05, 0.1) is 38.9 Å². The lowest BCUT2D eigenvalue weighted by Crippen LogP contribution is -2.42. The quantitative estimate of drug-likeness (QED) is 0.306. The van der Waals surface area contributed by atoms with E-state index in [9.17, 15) is 14.4 Å². The summed E-state index contributed by atoms with van der Waals surface area (Å²) in [4.78, 5) is 44.3. The number of carbonyl (C=O) groups excluding carboxylic acids is 3. The fourth-order valence-electron chi connectivity index (χ4n) is 4.02. The topological polar surface area (TPSA) is 103 Å². The molecule has 0 saturated carbocycles. The van der Waals surface area contributed by atoms with Crippen molar-refractivity contribution in [2.24, 2.45) is 5.92 Å². The van der Waals surface area contributed by atoms with Gasteiger partial charge in [0.15, 0.2) is 6.29 Å². The van der Waals surface area contributed by atoms with Gasteiger partial charge in [-0.1, -0.05) is 31.2 Å². The second-order valence-corrected chi connectivity index (χ2v) is 8.44. The highest BCUT2D eigenvalue weighted by atomic mass is 16.8. The van der Waals surface area contributed by atoms with E-state index in [1.165, 1.54) is 4.90 Å². The first kappa shape index (κ1) is 24.3. The molecule has 2 aromatic rings. The Morgan fingerprint density at radius 2 is 1.76 bits per heavy atom. The van der Waals surface area contributed by atoms with Crippen LogP contribution in [-0.2, 0) is 23.8 Å². The van der Waals surface area contributed by atoms with Gasteiger partial charge in [-0.3, -0.25) is 19.3 Å². The number of nitrogens with one attached hydrogen (secondary N) is 1. The molecule has 2 heterocycles. The summed E-state index contributed by atoms with van der Waals surface area (Å²) in [6, 6.07) is 10.9. The van der Waals surface area contributed by atoms with Crippen LogP contribution in [0, 0.1) is 5.92 Å². The van der Waals surface area contributed by atoms with Gasteiger partial charge in [-0.25, -0.2) is 10.3 Å². The van der Waals surface area contributed by atoms with Crippen LogP contribution < -0.4 is 5.48 Å². The van der Waals surface area contributed by atoms with E-state index in [0.29, 0.717) is 23.1 Å². The summed E-state index contributed by atoms with van der Waals surface area (Å²) in [5.74, 6) is -1.29. The molecule has 0 aliphatic carbocycles. The van der Waals surface area contributed by atoms with Crippen molar-refractivity contribution in [3.05, 3.63) is 47.5 Å². The molecule has 2 unspecified atom stereocenters. The van der Waals surface area contributed by atoms with E-state index in [1.54, 1.807) is 19.1 Å². The highest BCUT2D eigenvalue weighted by molar-refractivity contribution is 6.25. The summed E-state index contributed by atoms with van der Waals surface area (Å²) in [7, 11) is 0. The summed E-state index contributed by atoms with van der Waals surface area (Å²) in [6.07, 6.45) is 2.40. The van der Waals surface area contributed by atoms with Gasteiger partial charge in [-0.05, 0) is 30.4 Å². The van der Waals surface area contributed by atoms with E-state index in [2.05, 4.69) is 5.48 Å². The highest BCUT2D eigenvalue weighted by Gasteiger charge is 2.32. The van der Waals surface area contributed by atoms with Crippen molar-refractivity contribution in [3.63, 3.8) is 0 Å². The summed E-state index contributed by atoms with van der Waals surface area (Å²) < 4.78 is 16.5. The number of ether oxygens (including phenoxy) is 3. The summed E-state index contributed by atoms with van der Waals surface area (Å²) in [6.45, 7) is 3.52. The van der Waals surface area contributed by atoms with E-state index >= 15 is 0 Å². The first-order valence-electron chi connectivity index (χ1n) is 11.7. The largest absolute Gasteiger partial charge is 0.378 e. The number of carbonyl (C=O) groups is 3. The molecule has 2 atom stereocenters. The minimum atomic E-state index is -0.394. The number of amides is 3. The fourth-order valence-corrected chi connectivity index (χ4v) is 4.02. The molecular weight excluding hydrogens is 440 g/mol. The molecule has 1 N–H and O–H groups in total. The Balaban J connectivity index is 1.13. The Kier molecular flexibility index (Phi) is 8.23. The van der Waals surface area contributed by atoms with Crippen LogP contribution in [0.15, 0.2) is 36.4 Å². The molecule has 0 spiro atoms. The normalized spacial score (nSPS) is 18.9. The molecule has 2 aliphatic rings. The van der Waals surface area contributed by atoms with Crippen molar-refractivity contribution in [1.82, 2.24) is 10.4 Å². The molecule has 0 aromatic heterocycles. The van der Waals surface area contributed by atoms with Crippen LogP contribution in [0.4, 0.5) is 0 Å². The highest BCUT2D eigenvalue weighted by Crippen LogP contribution is 2.29. The molecule has 3 amide bonds. The molecule has 9 heteroatoms. The van der Waals surface area contributed by atoms with Gasteiger partial charge in [-0.2, -0.15) is 0 Å². The van der Waals surface area contributed by atoms with E-state index in [0.717, 1.165) is 24.6 Å². The zero-order valence-corrected chi connectivity index (χ0v) is 19.3. The van der Waals surface area contributed by atoms with Gasteiger partial charge in [0.25, 0.3) is 11.8 Å². The number of imide groups is 1. The molecule has 4 rings (SSSR count). The van der Waals surface area contributed by atoms with Gasteiger partial charge >= 0.3 is 0 Å². The Labute approximate surface area is 198 Å². The van der Waals surface area contributed by atoms with Crippen LogP contribution in [0.3, 0.4) is 0 Å². The second kappa shape index (κ2) is 11.5. The molecule has 2 aliphatic heterocycles. The number of benzene rings is 2. The average Bonchev–Trinajstić information content (AvgIpc) is 2.87. The maximum Gasteiger partial charge on any atom is 0.261 e. The lowest BCUT2D eigenvalue weighted by molar-refractivity contribution is -0.202. The Bertz CT molecular complexity index is 984. The molecule has 9 nitrogen and oxygen atoms in total. The second-order valence-electron chi connectivity index (χ2n) is 8.44. The number of nitrogens with zero attached hydrogens (tertiary/aromatic N) is 1. The predicted molar refractivity (Wildman–Crippen MR) is 123 cm³/mol. The van der Waals surface area contributed by atoms with Crippen molar-refractivity contribution in [2.75, 3.05) is 39.6 Å². The van der Waals surface area contributed by atoms with Crippen LogP contribution in [0.25, 0.3) is 10.8 Å². The maximum atomic E-state index is 12.8. The third kappa shape index (κ3) is 5.61. The van der Waals surface area contributed by atoms with E-state index in [1.807, 2.05) is 24.3 Å². The number of hydroxylamine groups is 1. The van der Waals surface area contributed by atoms with Gasteiger partial charge in [0.2, 0.25) is 5.91 Å². The van der Waals surface area contributed by atoms with Crippen molar-refractivity contribution in [2.45, 2.75) is 32.5 Å². The predicted octanol–water partition coefficient (Wildman–Crippen LogP) is 2.68. The Morgan fingerprint density at radius 1 is 1.06 bits per heavy atom. The van der Waals surface area contributed by atoms with Crippen LogP contribution in [0.1, 0.15) is 46.9 Å². The molecule has 0 radical (unpaired) electrons. The van der Waals surface area contributed by atoms with Crippen LogP contribution >= 0.6 is 0 Å². The fraction of sp³-hybridized carbons (Fsp3) is 0.480. The van der Waals surface area contributed by atoms with Crippen molar-refractivity contribution >= 4 is 28.5 Å². The first-order chi connectivity index (χ1) is 16.6. The zero-order valence-electron chi connectivity index (χ0n) is 19.3. The molecule has 182 valence electrons. The summed E-state index contributed by atoms with van der Waals surface area (Å²) in [5, 5.41) is 1.59. The van der Waals surface area contributed by atoms with Crippen molar-refractivity contribution in [1.29, 1.82) is 0 Å². The standard InChI is InChI=1S/C25H30N2O7/c1-17(23(28)26-34-21-10-2-3-12-33-21)16-32-15-14-31-13-11-27-24(29)19-8-4-6-18-7-5-9-20(22(18)19)25(27)30/h4-9,17,21H,2-3,10-16H2,1H3,(H,26,28). The van der Waals surface area contributed by atoms with Crippen molar-refractivity contribution < 1.29 is 33.4 Å². The molecule has 2 aromatic carbocycles. The maximum absolute atomic E-state index is 12.8. The van der Waals surface area contributed by atoms with E-state index in [4.69, 9.17) is 19.0 Å². The van der Waals surface area contributed by atoms with Gasteiger partial charge < -0.3 is 14.2 Å². The Morgan fingerprint density at radius 3 is 2.44 bits per heavy atom. The minimum absolute atomic E-state index is 0.155. The monoisotopic (exact) mass is 470 g/mol. The SMILES string of the molecule is CC(COCCOCCN1C(=O)c2cccc3cccc(c23)C1=O)C(=O)NOC1CCCCO1. The van der Waals surface area contributed by atoms with Gasteiger partial charge in [0.1, 0.15) is 0 Å². The summed E-state index contributed by atoms with van der Waals surface area (Å²) in [5.41, 5.74) is 3.49. The Hall–Kier alpha value is -2.85. The average molecular weight is 471 g/mol. The molecule has 34 heavy (non-hydrogen) atoms. The molecule has 1 saturated heterocycles. The smallest absolute Gasteiger partial charge is 0.261 e. The lowest BCUT2D eigenvalue weighted by atomic mass is 9.94. The van der Waals surface area contributed by atoms with Crippen LogP contribution in [0.5, 0.6) is 0 Å². The lowest BCUT2D eigenvalue weighted by Gasteiger charge is -2.27. The third-order valence-corrected chi connectivity index (χ3v) is 5.93.